The van der Waals surface area contributed by atoms with Gasteiger partial charge in [-0.15, -0.1) is 0 Å². The van der Waals surface area contributed by atoms with Gasteiger partial charge in [0.1, 0.15) is 6.61 Å². The maximum Gasteiger partial charge on any atom is 0.248 e. The molecule has 2 saturated heterocycles. The van der Waals surface area contributed by atoms with Crippen LogP contribution in [0.25, 0.3) is 0 Å². The number of hydrogen-bond acceptors (Lipinski definition) is 4. The van der Waals surface area contributed by atoms with Crippen molar-refractivity contribution in [2.45, 2.75) is 18.7 Å². The van der Waals surface area contributed by atoms with Crippen LogP contribution in [0.1, 0.15) is 5.56 Å². The standard InChI is InChI=1S/C17H20N4O2/c1-19-14-10-20(11-15(14)23-12-17(19)22)16-7-8-21(18-16)9-13-5-3-2-4-6-13/h2-8,14-15H,9-12H2,1H3. The molecule has 2 fully saturated rings. The number of morpholine rings is 1. The first-order valence-corrected chi connectivity index (χ1v) is 7.90. The molecule has 2 atom stereocenters. The second-order valence-corrected chi connectivity index (χ2v) is 6.18. The van der Waals surface area contributed by atoms with E-state index in [1.165, 1.54) is 5.56 Å². The van der Waals surface area contributed by atoms with Crippen molar-refractivity contribution in [3.8, 4) is 0 Å². The zero-order valence-corrected chi connectivity index (χ0v) is 13.1. The van der Waals surface area contributed by atoms with E-state index in [0.717, 1.165) is 25.5 Å². The molecule has 1 amide bonds. The number of likely N-dealkylation sites (N-methyl/N-ethyl adjacent to an activating group) is 1. The van der Waals surface area contributed by atoms with Gasteiger partial charge >= 0.3 is 0 Å². The average molecular weight is 312 g/mol. The zero-order valence-electron chi connectivity index (χ0n) is 13.1. The summed E-state index contributed by atoms with van der Waals surface area (Å²) in [5.74, 6) is 1.00. The number of anilines is 1. The Morgan fingerprint density at radius 2 is 2.04 bits per heavy atom. The molecule has 0 bridgehead atoms. The molecule has 2 aliphatic rings. The number of hydrogen-bond donors (Lipinski definition) is 0. The number of fused-ring (bicyclic) bond motifs is 1. The van der Waals surface area contributed by atoms with Gasteiger partial charge in [0.15, 0.2) is 5.82 Å². The Bertz CT molecular complexity index is 700. The number of aromatic nitrogens is 2. The predicted octanol–water partition coefficient (Wildman–Crippen LogP) is 0.977. The molecule has 0 radical (unpaired) electrons. The number of carbonyl (C=O) groups excluding carboxylic acids is 1. The summed E-state index contributed by atoms with van der Waals surface area (Å²) in [5.41, 5.74) is 1.23. The topological polar surface area (TPSA) is 50.6 Å². The van der Waals surface area contributed by atoms with E-state index in [-0.39, 0.29) is 24.7 Å². The van der Waals surface area contributed by atoms with Crippen LogP contribution in [0.3, 0.4) is 0 Å². The average Bonchev–Trinajstić information content (AvgIpc) is 3.19. The van der Waals surface area contributed by atoms with Gasteiger partial charge < -0.3 is 14.5 Å². The summed E-state index contributed by atoms with van der Waals surface area (Å²) in [4.78, 5) is 15.8. The SMILES string of the molecule is CN1C(=O)COC2CN(c3ccn(Cc4ccccc4)n3)CC21. The fraction of sp³-hybridized carbons (Fsp3) is 0.412. The van der Waals surface area contributed by atoms with Crippen molar-refractivity contribution in [1.29, 1.82) is 0 Å². The lowest BCUT2D eigenvalue weighted by atomic mass is 10.1. The number of nitrogens with zero attached hydrogens (tertiary/aromatic N) is 4. The first-order valence-electron chi connectivity index (χ1n) is 7.90. The number of rotatable bonds is 3. The highest BCUT2D eigenvalue weighted by atomic mass is 16.5. The summed E-state index contributed by atoms with van der Waals surface area (Å²) in [6.45, 7) is 2.50. The van der Waals surface area contributed by atoms with E-state index in [2.05, 4.69) is 22.1 Å². The highest BCUT2D eigenvalue weighted by Gasteiger charge is 2.42. The molecule has 120 valence electrons. The minimum absolute atomic E-state index is 0.0581. The minimum Gasteiger partial charge on any atom is -0.364 e. The lowest BCUT2D eigenvalue weighted by Gasteiger charge is -2.33. The molecule has 6 nitrogen and oxygen atoms in total. The minimum atomic E-state index is 0.0581. The van der Waals surface area contributed by atoms with E-state index in [4.69, 9.17) is 4.74 Å². The molecule has 2 unspecified atom stereocenters. The molecule has 4 rings (SSSR count). The van der Waals surface area contributed by atoms with E-state index in [0.29, 0.717) is 0 Å². The summed E-state index contributed by atoms with van der Waals surface area (Å²) in [5, 5.41) is 4.67. The van der Waals surface area contributed by atoms with E-state index >= 15 is 0 Å². The van der Waals surface area contributed by atoms with Crippen LogP contribution in [0.5, 0.6) is 0 Å². The highest BCUT2D eigenvalue weighted by molar-refractivity contribution is 5.78. The Balaban J connectivity index is 1.46. The van der Waals surface area contributed by atoms with Crippen LogP contribution in [0, 0.1) is 0 Å². The molecule has 0 N–H and O–H groups in total. The van der Waals surface area contributed by atoms with E-state index < -0.39 is 0 Å². The van der Waals surface area contributed by atoms with Gasteiger partial charge in [-0.25, -0.2) is 0 Å². The van der Waals surface area contributed by atoms with Crippen LogP contribution >= 0.6 is 0 Å². The second-order valence-electron chi connectivity index (χ2n) is 6.18. The molecule has 1 aromatic carbocycles. The zero-order chi connectivity index (χ0) is 15.8. The largest absolute Gasteiger partial charge is 0.364 e. The fourth-order valence-electron chi connectivity index (χ4n) is 3.32. The summed E-state index contributed by atoms with van der Waals surface area (Å²) < 4.78 is 7.62. The van der Waals surface area contributed by atoms with Crippen molar-refractivity contribution in [2.24, 2.45) is 0 Å². The van der Waals surface area contributed by atoms with Crippen LogP contribution in [0.4, 0.5) is 5.82 Å². The molecule has 23 heavy (non-hydrogen) atoms. The van der Waals surface area contributed by atoms with Crippen LogP contribution in [0.15, 0.2) is 42.6 Å². The maximum atomic E-state index is 11.7. The molecular weight excluding hydrogens is 292 g/mol. The van der Waals surface area contributed by atoms with Crippen LogP contribution < -0.4 is 4.90 Å². The second kappa shape index (κ2) is 5.70. The Morgan fingerprint density at radius 1 is 1.22 bits per heavy atom. The maximum absolute atomic E-state index is 11.7. The number of ether oxygens (including phenoxy) is 1. The number of carbonyl (C=O) groups is 1. The van der Waals surface area contributed by atoms with Crippen LogP contribution in [0.2, 0.25) is 0 Å². The van der Waals surface area contributed by atoms with Crippen molar-refractivity contribution in [3.63, 3.8) is 0 Å². The smallest absolute Gasteiger partial charge is 0.248 e. The van der Waals surface area contributed by atoms with Gasteiger partial charge in [0.2, 0.25) is 5.91 Å². The van der Waals surface area contributed by atoms with Crippen molar-refractivity contribution in [2.75, 3.05) is 31.6 Å². The quantitative estimate of drug-likeness (QED) is 0.848. The fourth-order valence-corrected chi connectivity index (χ4v) is 3.32. The Labute approximate surface area is 135 Å². The summed E-state index contributed by atoms with van der Waals surface area (Å²) in [6.07, 6.45) is 2.08. The number of amides is 1. The van der Waals surface area contributed by atoms with E-state index in [1.54, 1.807) is 0 Å². The van der Waals surface area contributed by atoms with Gasteiger partial charge in [0, 0.05) is 32.4 Å². The number of benzene rings is 1. The highest BCUT2D eigenvalue weighted by Crippen LogP contribution is 2.26. The van der Waals surface area contributed by atoms with Gasteiger partial charge in [-0.1, -0.05) is 30.3 Å². The van der Waals surface area contributed by atoms with E-state index in [1.807, 2.05) is 47.1 Å². The van der Waals surface area contributed by atoms with E-state index in [9.17, 15) is 4.79 Å². The van der Waals surface area contributed by atoms with Gasteiger partial charge in [0.25, 0.3) is 0 Å². The van der Waals surface area contributed by atoms with Crippen molar-refractivity contribution in [1.82, 2.24) is 14.7 Å². The molecule has 2 aromatic rings. The lowest BCUT2D eigenvalue weighted by Crippen LogP contribution is -2.51. The Morgan fingerprint density at radius 3 is 2.87 bits per heavy atom. The summed E-state index contributed by atoms with van der Waals surface area (Å²) in [7, 11) is 1.86. The third kappa shape index (κ3) is 2.70. The molecule has 0 spiro atoms. The molecular formula is C17H20N4O2. The van der Waals surface area contributed by atoms with Gasteiger partial charge in [0.05, 0.1) is 18.7 Å². The van der Waals surface area contributed by atoms with Crippen LogP contribution in [-0.4, -0.2) is 59.5 Å². The third-order valence-corrected chi connectivity index (χ3v) is 4.69. The normalized spacial score (nSPS) is 24.1. The molecule has 1 aromatic heterocycles. The molecule has 2 aliphatic heterocycles. The first-order chi connectivity index (χ1) is 11.2. The summed E-state index contributed by atoms with van der Waals surface area (Å²) >= 11 is 0. The van der Waals surface area contributed by atoms with Gasteiger partial charge in [-0.05, 0) is 5.56 Å². The molecule has 6 heteroatoms. The van der Waals surface area contributed by atoms with Gasteiger partial charge in [-0.3, -0.25) is 9.48 Å². The van der Waals surface area contributed by atoms with Crippen LogP contribution in [-0.2, 0) is 16.1 Å². The Hall–Kier alpha value is -2.34. The lowest BCUT2D eigenvalue weighted by molar-refractivity contribution is -0.150. The molecule has 3 heterocycles. The third-order valence-electron chi connectivity index (χ3n) is 4.69. The van der Waals surface area contributed by atoms with Crippen molar-refractivity contribution < 1.29 is 9.53 Å². The van der Waals surface area contributed by atoms with Gasteiger partial charge in [-0.2, -0.15) is 5.10 Å². The molecule has 0 saturated carbocycles. The van der Waals surface area contributed by atoms with Crippen molar-refractivity contribution in [3.05, 3.63) is 48.2 Å². The first kappa shape index (κ1) is 14.3. The molecule has 0 aliphatic carbocycles. The monoisotopic (exact) mass is 312 g/mol. The van der Waals surface area contributed by atoms with Crippen molar-refractivity contribution >= 4 is 11.7 Å². The summed E-state index contributed by atoms with van der Waals surface area (Å²) in [6, 6.07) is 12.4. The Kier molecular flexibility index (Phi) is 3.53. The predicted molar refractivity (Wildman–Crippen MR) is 86.3 cm³/mol.